The van der Waals surface area contributed by atoms with Crippen LogP contribution in [0.3, 0.4) is 0 Å². The number of hydrogen-bond acceptors (Lipinski definition) is 2. The third kappa shape index (κ3) is 2.98. The summed E-state index contributed by atoms with van der Waals surface area (Å²) >= 11 is 0. The van der Waals surface area contributed by atoms with Gasteiger partial charge < -0.3 is 10.6 Å². The van der Waals surface area contributed by atoms with Gasteiger partial charge in [0, 0.05) is 12.1 Å². The van der Waals surface area contributed by atoms with E-state index in [1.165, 1.54) is 0 Å². The lowest BCUT2D eigenvalue weighted by Crippen LogP contribution is -2.28. The third-order valence-electron chi connectivity index (χ3n) is 5.69. The summed E-state index contributed by atoms with van der Waals surface area (Å²) in [6.07, 6.45) is 0.876. The van der Waals surface area contributed by atoms with Crippen molar-refractivity contribution in [2.24, 2.45) is 16.7 Å². The molecule has 1 amide bonds. The highest BCUT2D eigenvalue weighted by atomic mass is 16.1. The van der Waals surface area contributed by atoms with Gasteiger partial charge in [-0.3, -0.25) is 4.79 Å². The second-order valence-corrected chi connectivity index (χ2v) is 7.22. The predicted molar refractivity (Wildman–Crippen MR) is 87.5 cm³/mol. The van der Waals surface area contributed by atoms with Crippen molar-refractivity contribution in [1.82, 2.24) is 10.6 Å². The molecular formula is C18H28N2O. The molecule has 21 heavy (non-hydrogen) atoms. The molecule has 0 aromatic heterocycles. The maximum Gasteiger partial charge on any atom is 0.251 e. The van der Waals surface area contributed by atoms with Gasteiger partial charge in [0.05, 0.1) is 0 Å². The zero-order valence-corrected chi connectivity index (χ0v) is 13.9. The van der Waals surface area contributed by atoms with Crippen molar-refractivity contribution in [1.29, 1.82) is 0 Å². The summed E-state index contributed by atoms with van der Waals surface area (Å²) < 4.78 is 0. The normalized spacial score (nSPS) is 19.3. The van der Waals surface area contributed by atoms with E-state index in [9.17, 15) is 4.79 Å². The van der Waals surface area contributed by atoms with Gasteiger partial charge in [-0.2, -0.15) is 0 Å². The largest absolute Gasteiger partial charge is 0.352 e. The maximum absolute atomic E-state index is 12.5. The summed E-state index contributed by atoms with van der Waals surface area (Å²) in [6, 6.07) is 7.89. The molecule has 1 saturated carbocycles. The summed E-state index contributed by atoms with van der Waals surface area (Å²) in [6.45, 7) is 10.8. The highest BCUT2D eigenvalue weighted by Crippen LogP contribution is 2.67. The van der Waals surface area contributed by atoms with Crippen LogP contribution in [0.2, 0.25) is 0 Å². The summed E-state index contributed by atoms with van der Waals surface area (Å²) in [5.74, 6) is 0.610. The van der Waals surface area contributed by atoms with E-state index < -0.39 is 0 Å². The molecule has 0 unspecified atom stereocenters. The number of carbonyl (C=O) groups excluding carboxylic acids is 1. The molecule has 1 fully saturated rings. The zero-order valence-electron chi connectivity index (χ0n) is 13.9. The summed E-state index contributed by atoms with van der Waals surface area (Å²) in [7, 11) is 1.93. The van der Waals surface area contributed by atoms with Crippen LogP contribution in [-0.2, 0) is 6.42 Å². The van der Waals surface area contributed by atoms with Gasteiger partial charge in [-0.25, -0.2) is 0 Å². The molecule has 0 heterocycles. The van der Waals surface area contributed by atoms with Crippen LogP contribution in [-0.4, -0.2) is 26.0 Å². The fourth-order valence-corrected chi connectivity index (χ4v) is 3.35. The van der Waals surface area contributed by atoms with E-state index >= 15 is 0 Å². The number of likely N-dealkylation sites (N-methyl/N-ethyl adjacent to an activating group) is 1. The van der Waals surface area contributed by atoms with Crippen LogP contribution >= 0.6 is 0 Å². The second kappa shape index (κ2) is 5.80. The van der Waals surface area contributed by atoms with Crippen molar-refractivity contribution in [3.63, 3.8) is 0 Å². The van der Waals surface area contributed by atoms with Crippen molar-refractivity contribution in [3.8, 4) is 0 Å². The Hall–Kier alpha value is -1.35. The Morgan fingerprint density at radius 1 is 1.14 bits per heavy atom. The van der Waals surface area contributed by atoms with Crippen molar-refractivity contribution in [2.45, 2.75) is 34.1 Å². The van der Waals surface area contributed by atoms with E-state index in [2.05, 4.69) is 38.3 Å². The van der Waals surface area contributed by atoms with E-state index in [-0.39, 0.29) is 5.91 Å². The monoisotopic (exact) mass is 288 g/mol. The van der Waals surface area contributed by atoms with E-state index in [0.717, 1.165) is 30.6 Å². The van der Waals surface area contributed by atoms with Crippen LogP contribution in [0.5, 0.6) is 0 Å². The number of carbonyl (C=O) groups is 1. The molecule has 0 radical (unpaired) electrons. The van der Waals surface area contributed by atoms with Gasteiger partial charge in [0.1, 0.15) is 0 Å². The van der Waals surface area contributed by atoms with Crippen molar-refractivity contribution >= 4 is 5.91 Å². The quantitative estimate of drug-likeness (QED) is 0.845. The molecule has 1 aromatic carbocycles. The van der Waals surface area contributed by atoms with Gasteiger partial charge in [-0.05, 0) is 48.4 Å². The number of rotatable bonds is 6. The Balaban J connectivity index is 1.98. The van der Waals surface area contributed by atoms with Crippen LogP contribution in [0.15, 0.2) is 24.3 Å². The van der Waals surface area contributed by atoms with Gasteiger partial charge in [0.2, 0.25) is 0 Å². The Morgan fingerprint density at radius 3 is 2.33 bits per heavy atom. The third-order valence-corrected chi connectivity index (χ3v) is 5.69. The van der Waals surface area contributed by atoms with Crippen LogP contribution in [0.25, 0.3) is 0 Å². The molecule has 116 valence electrons. The molecule has 2 rings (SSSR count). The minimum absolute atomic E-state index is 0.0557. The SMILES string of the molecule is CNCCc1ccccc1C(=O)NCC1C(C)(C)C1(C)C. The number of nitrogens with one attached hydrogen (secondary N) is 2. The smallest absolute Gasteiger partial charge is 0.251 e. The highest BCUT2D eigenvalue weighted by molar-refractivity contribution is 5.95. The lowest BCUT2D eigenvalue weighted by Gasteiger charge is -2.11. The van der Waals surface area contributed by atoms with Crippen LogP contribution < -0.4 is 10.6 Å². The van der Waals surface area contributed by atoms with Crippen LogP contribution in [0.4, 0.5) is 0 Å². The maximum atomic E-state index is 12.5. The summed E-state index contributed by atoms with van der Waals surface area (Å²) in [5.41, 5.74) is 2.54. The highest BCUT2D eigenvalue weighted by Gasteiger charge is 2.64. The van der Waals surface area contributed by atoms with Gasteiger partial charge >= 0.3 is 0 Å². The summed E-state index contributed by atoms with van der Waals surface area (Å²) in [5, 5.41) is 6.26. The molecular weight excluding hydrogens is 260 g/mol. The Bertz CT molecular complexity index is 506. The molecule has 0 bridgehead atoms. The molecule has 0 saturated heterocycles. The van der Waals surface area contributed by atoms with E-state index in [1.54, 1.807) is 0 Å². The molecule has 3 heteroatoms. The Morgan fingerprint density at radius 2 is 1.76 bits per heavy atom. The van der Waals surface area contributed by atoms with Crippen molar-refractivity contribution < 1.29 is 4.79 Å². The fourth-order valence-electron chi connectivity index (χ4n) is 3.35. The number of hydrogen-bond donors (Lipinski definition) is 2. The predicted octanol–water partition coefficient (Wildman–Crippen LogP) is 2.86. The molecule has 0 spiro atoms. The first-order chi connectivity index (χ1) is 9.82. The van der Waals surface area contributed by atoms with E-state index in [0.29, 0.717) is 16.7 Å². The van der Waals surface area contributed by atoms with Gasteiger partial charge in [-0.1, -0.05) is 45.9 Å². The average molecular weight is 288 g/mol. The Labute approximate surface area is 128 Å². The number of benzene rings is 1. The molecule has 0 atom stereocenters. The topological polar surface area (TPSA) is 41.1 Å². The number of amides is 1. The lowest BCUT2D eigenvalue weighted by molar-refractivity contribution is 0.0949. The molecule has 0 aliphatic heterocycles. The van der Waals surface area contributed by atoms with Gasteiger partial charge in [0.15, 0.2) is 0 Å². The average Bonchev–Trinajstić information content (AvgIpc) is 2.84. The summed E-state index contributed by atoms with van der Waals surface area (Å²) in [4.78, 5) is 12.5. The molecule has 1 aliphatic rings. The molecule has 1 aliphatic carbocycles. The zero-order chi connectivity index (χ0) is 15.7. The minimum Gasteiger partial charge on any atom is -0.352 e. The molecule has 1 aromatic rings. The van der Waals surface area contributed by atoms with Gasteiger partial charge in [-0.15, -0.1) is 0 Å². The van der Waals surface area contributed by atoms with Crippen LogP contribution in [0.1, 0.15) is 43.6 Å². The fraction of sp³-hybridized carbons (Fsp3) is 0.611. The van der Waals surface area contributed by atoms with Crippen LogP contribution in [0, 0.1) is 16.7 Å². The minimum atomic E-state index is 0.0557. The van der Waals surface area contributed by atoms with Crippen molar-refractivity contribution in [2.75, 3.05) is 20.1 Å². The second-order valence-electron chi connectivity index (χ2n) is 7.22. The molecule has 2 N–H and O–H groups in total. The first-order valence-corrected chi connectivity index (χ1v) is 7.83. The van der Waals surface area contributed by atoms with E-state index in [4.69, 9.17) is 0 Å². The van der Waals surface area contributed by atoms with E-state index in [1.807, 2.05) is 31.3 Å². The lowest BCUT2D eigenvalue weighted by atomic mass is 10.0. The first kappa shape index (κ1) is 16.0. The Kier molecular flexibility index (Phi) is 4.43. The molecule has 3 nitrogen and oxygen atoms in total. The standard InChI is InChI=1S/C18H28N2O/c1-17(2)15(18(17,3)4)12-20-16(21)14-9-7-6-8-13(14)10-11-19-5/h6-9,15,19H,10-12H2,1-5H3,(H,20,21). The first-order valence-electron chi connectivity index (χ1n) is 7.83. The van der Waals surface area contributed by atoms with Gasteiger partial charge in [0.25, 0.3) is 5.91 Å². The van der Waals surface area contributed by atoms with Crippen molar-refractivity contribution in [3.05, 3.63) is 35.4 Å².